The molecule has 3 fully saturated rings. The highest BCUT2D eigenvalue weighted by atomic mass is 16.2. The molecule has 0 aromatic heterocycles. The van der Waals surface area contributed by atoms with E-state index in [9.17, 15) is 9.59 Å². The molecule has 3 N–H and O–H groups in total. The molecule has 0 saturated carbocycles. The Morgan fingerprint density at radius 2 is 1.55 bits per heavy atom. The fourth-order valence-corrected chi connectivity index (χ4v) is 7.08. The first-order valence-electron chi connectivity index (χ1n) is 16.3. The van der Waals surface area contributed by atoms with Gasteiger partial charge in [-0.05, 0) is 100 Å². The van der Waals surface area contributed by atoms with Crippen molar-refractivity contribution < 1.29 is 9.59 Å². The minimum atomic E-state index is -0.317. The first kappa shape index (κ1) is 30.6. The summed E-state index contributed by atoms with van der Waals surface area (Å²) in [5.41, 5.74) is 11.7. The van der Waals surface area contributed by atoms with Gasteiger partial charge in [0.05, 0.1) is 5.92 Å². The van der Waals surface area contributed by atoms with Crippen LogP contribution in [0.5, 0.6) is 0 Å². The average molecular weight is 574 g/mol. The fraction of sp³-hybridized carbons (Fsp3) is 0.600. The van der Waals surface area contributed by atoms with Crippen molar-refractivity contribution in [1.29, 1.82) is 0 Å². The van der Waals surface area contributed by atoms with E-state index >= 15 is 0 Å². The van der Waals surface area contributed by atoms with E-state index in [1.54, 1.807) is 0 Å². The number of nitrogens with two attached hydrogens (primary N) is 1. The highest BCUT2D eigenvalue weighted by Gasteiger charge is 2.33. The number of anilines is 1. The summed E-state index contributed by atoms with van der Waals surface area (Å²) in [6.07, 6.45) is 8.78. The van der Waals surface area contributed by atoms with Crippen molar-refractivity contribution in [3.8, 4) is 0 Å². The zero-order valence-corrected chi connectivity index (χ0v) is 25.8. The highest BCUT2D eigenvalue weighted by molar-refractivity contribution is 5.86. The molecule has 5 rings (SSSR count). The van der Waals surface area contributed by atoms with Crippen LogP contribution in [0.1, 0.15) is 73.6 Å². The molecule has 0 bridgehead atoms. The van der Waals surface area contributed by atoms with E-state index in [1.165, 1.54) is 43.5 Å². The molecule has 42 heavy (non-hydrogen) atoms. The predicted octanol–water partition coefficient (Wildman–Crippen LogP) is 4.69. The van der Waals surface area contributed by atoms with Gasteiger partial charge in [0.1, 0.15) is 0 Å². The number of carbonyl (C=O) groups is 2. The van der Waals surface area contributed by atoms with Crippen molar-refractivity contribution in [3.05, 3.63) is 64.7 Å². The minimum absolute atomic E-state index is 0.117. The number of aryl methyl sites for hydroxylation is 2. The Bertz CT molecular complexity index is 1190. The van der Waals surface area contributed by atoms with Gasteiger partial charge in [-0.15, -0.1) is 0 Å². The lowest BCUT2D eigenvalue weighted by Gasteiger charge is -2.41. The number of likely N-dealkylation sites (tertiary alicyclic amines) is 3. The third-order valence-corrected chi connectivity index (χ3v) is 9.99. The number of amides is 2. The van der Waals surface area contributed by atoms with Gasteiger partial charge in [-0.3, -0.25) is 9.59 Å². The van der Waals surface area contributed by atoms with Gasteiger partial charge in [0.25, 0.3) is 0 Å². The van der Waals surface area contributed by atoms with E-state index in [1.807, 2.05) is 23.1 Å². The molecule has 2 aromatic carbocycles. The Balaban J connectivity index is 1.17. The summed E-state index contributed by atoms with van der Waals surface area (Å²) in [4.78, 5) is 34.3. The second-order valence-corrected chi connectivity index (χ2v) is 12.9. The second kappa shape index (κ2) is 14.5. The number of hydrogen-bond donors (Lipinski definition) is 2. The third-order valence-electron chi connectivity index (χ3n) is 9.99. The molecule has 1 atom stereocenters. The van der Waals surface area contributed by atoms with Crippen LogP contribution in [0.3, 0.4) is 0 Å². The van der Waals surface area contributed by atoms with Crippen LogP contribution in [-0.4, -0.2) is 77.9 Å². The number of piperidine rings is 3. The summed E-state index contributed by atoms with van der Waals surface area (Å²) < 4.78 is 0. The number of rotatable bonds is 9. The molecule has 2 amide bonds. The van der Waals surface area contributed by atoms with Gasteiger partial charge >= 0.3 is 0 Å². The lowest BCUT2D eigenvalue weighted by molar-refractivity contribution is -0.143. The monoisotopic (exact) mass is 573 g/mol. The molecule has 2 aromatic rings. The Kier molecular flexibility index (Phi) is 10.6. The van der Waals surface area contributed by atoms with Crippen molar-refractivity contribution in [2.45, 2.75) is 90.3 Å². The van der Waals surface area contributed by atoms with Crippen LogP contribution in [0.15, 0.2) is 42.5 Å². The van der Waals surface area contributed by atoms with Crippen LogP contribution in [0.4, 0.5) is 5.69 Å². The summed E-state index contributed by atoms with van der Waals surface area (Å²) in [7, 11) is 0. The molecule has 3 aliphatic rings. The van der Waals surface area contributed by atoms with Crippen LogP contribution >= 0.6 is 0 Å². The quantitative estimate of drug-likeness (QED) is 0.426. The van der Waals surface area contributed by atoms with E-state index < -0.39 is 0 Å². The van der Waals surface area contributed by atoms with E-state index in [0.29, 0.717) is 18.5 Å². The Morgan fingerprint density at radius 1 is 0.857 bits per heavy atom. The molecule has 3 aliphatic heterocycles. The maximum absolute atomic E-state index is 14.0. The van der Waals surface area contributed by atoms with Crippen molar-refractivity contribution in [1.82, 2.24) is 20.0 Å². The van der Waals surface area contributed by atoms with Gasteiger partial charge in [0, 0.05) is 56.9 Å². The van der Waals surface area contributed by atoms with Crippen LogP contribution < -0.4 is 11.1 Å². The molecule has 1 unspecified atom stereocenters. The van der Waals surface area contributed by atoms with Gasteiger partial charge < -0.3 is 25.8 Å². The standard InChI is InChI=1S/C35H51N5O2/c1-26-10-11-28(22-27(26)2)23-30(35(42)40-20-14-32(15-21-40)38-16-6-3-7-17-38)24-34(41)39-18-12-31(13-19-39)37-25-29-8-4-5-9-33(29)36/h4-5,8-11,22,30-32,37H,3,6-7,12-21,23-25,36H2,1-2H3. The Hall–Kier alpha value is -2.90. The number of nitrogens with zero attached hydrogens (tertiary/aromatic N) is 3. The van der Waals surface area contributed by atoms with Crippen molar-refractivity contribution in [2.24, 2.45) is 5.92 Å². The molecule has 0 radical (unpaired) electrons. The van der Waals surface area contributed by atoms with Gasteiger partial charge in [0.2, 0.25) is 11.8 Å². The normalized spacial score (nSPS) is 20.0. The maximum atomic E-state index is 14.0. The predicted molar refractivity (Wildman–Crippen MR) is 170 cm³/mol. The summed E-state index contributed by atoms with van der Waals surface area (Å²) in [5.74, 6) is -0.0372. The zero-order valence-electron chi connectivity index (χ0n) is 25.8. The van der Waals surface area contributed by atoms with Gasteiger partial charge in [0.15, 0.2) is 0 Å². The first-order chi connectivity index (χ1) is 20.4. The highest BCUT2D eigenvalue weighted by Crippen LogP contribution is 2.25. The zero-order chi connectivity index (χ0) is 29.5. The number of nitrogen functional groups attached to an aromatic ring is 1. The van der Waals surface area contributed by atoms with Gasteiger partial charge in [-0.2, -0.15) is 0 Å². The van der Waals surface area contributed by atoms with E-state index in [2.05, 4.69) is 53.2 Å². The molecule has 228 valence electrons. The van der Waals surface area contributed by atoms with E-state index in [0.717, 1.165) is 75.2 Å². The molecule has 7 nitrogen and oxygen atoms in total. The number of benzene rings is 2. The van der Waals surface area contributed by atoms with Gasteiger partial charge in [-0.25, -0.2) is 0 Å². The average Bonchev–Trinajstić information content (AvgIpc) is 3.02. The van der Waals surface area contributed by atoms with Crippen molar-refractivity contribution in [3.63, 3.8) is 0 Å². The molecule has 0 aliphatic carbocycles. The summed E-state index contributed by atoms with van der Waals surface area (Å²) in [6.45, 7) is 10.5. The molecular formula is C35H51N5O2. The molecule has 3 heterocycles. The van der Waals surface area contributed by atoms with Crippen molar-refractivity contribution in [2.75, 3.05) is 45.0 Å². The van der Waals surface area contributed by atoms with Crippen LogP contribution in [0.25, 0.3) is 0 Å². The fourth-order valence-electron chi connectivity index (χ4n) is 7.08. The number of carbonyl (C=O) groups excluding carboxylic acids is 2. The molecule has 0 spiro atoms. The lowest BCUT2D eigenvalue weighted by Crippen LogP contribution is -2.50. The third kappa shape index (κ3) is 7.93. The van der Waals surface area contributed by atoms with Gasteiger partial charge in [-0.1, -0.05) is 42.8 Å². The summed E-state index contributed by atoms with van der Waals surface area (Å²) >= 11 is 0. The Labute approximate surface area is 252 Å². The maximum Gasteiger partial charge on any atom is 0.226 e. The minimum Gasteiger partial charge on any atom is -0.398 e. The molecule has 7 heteroatoms. The Morgan fingerprint density at radius 3 is 2.24 bits per heavy atom. The van der Waals surface area contributed by atoms with Crippen molar-refractivity contribution >= 4 is 17.5 Å². The number of hydrogen-bond acceptors (Lipinski definition) is 5. The van der Waals surface area contributed by atoms with Crippen LogP contribution in [0, 0.1) is 19.8 Å². The lowest BCUT2D eigenvalue weighted by atomic mass is 9.91. The van der Waals surface area contributed by atoms with E-state index in [4.69, 9.17) is 5.73 Å². The van der Waals surface area contributed by atoms with Crippen LogP contribution in [-0.2, 0) is 22.6 Å². The smallest absolute Gasteiger partial charge is 0.226 e. The first-order valence-corrected chi connectivity index (χ1v) is 16.3. The largest absolute Gasteiger partial charge is 0.398 e. The summed E-state index contributed by atoms with van der Waals surface area (Å²) in [5, 5.41) is 3.63. The van der Waals surface area contributed by atoms with Crippen LogP contribution in [0.2, 0.25) is 0 Å². The SMILES string of the molecule is Cc1ccc(CC(CC(=O)N2CCC(NCc3ccccc3N)CC2)C(=O)N2CCC(N3CCCCC3)CC2)cc1C. The topological polar surface area (TPSA) is 81.9 Å². The number of nitrogens with one attached hydrogen (secondary N) is 1. The second-order valence-electron chi connectivity index (χ2n) is 12.9. The summed E-state index contributed by atoms with van der Waals surface area (Å²) in [6, 6.07) is 15.4. The number of para-hydroxylation sites is 1. The molecule has 3 saturated heterocycles. The molecular weight excluding hydrogens is 522 g/mol. The van der Waals surface area contributed by atoms with E-state index in [-0.39, 0.29) is 24.2 Å².